The molecule has 3 N–H and O–H groups in total. The minimum Gasteiger partial charge on any atom is -0.320 e. The summed E-state index contributed by atoms with van der Waals surface area (Å²) in [7, 11) is 0. The smallest absolute Gasteiger partial charge is 0.320 e. The van der Waals surface area contributed by atoms with Crippen LogP contribution >= 0.6 is 46.7 Å². The average molecular weight is 547 g/mol. The van der Waals surface area contributed by atoms with E-state index in [4.69, 9.17) is 23.2 Å². The van der Waals surface area contributed by atoms with Crippen molar-refractivity contribution in [1.29, 1.82) is 0 Å². The number of halogens is 2. The number of carbonyl (C=O) groups is 1. The van der Waals surface area contributed by atoms with Crippen molar-refractivity contribution >= 4 is 75.0 Å². The van der Waals surface area contributed by atoms with Crippen LogP contribution < -0.4 is 16.2 Å². The highest BCUT2D eigenvalue weighted by Crippen LogP contribution is 2.40. The maximum absolute atomic E-state index is 13.2. The van der Waals surface area contributed by atoms with Gasteiger partial charge in [-0.1, -0.05) is 41.4 Å². The lowest BCUT2D eigenvalue weighted by Gasteiger charge is -2.18. The molecule has 35 heavy (non-hydrogen) atoms. The Morgan fingerprint density at radius 1 is 0.914 bits per heavy atom. The summed E-state index contributed by atoms with van der Waals surface area (Å²) in [6.45, 7) is 3.65. The molecule has 2 amide bonds. The normalized spacial score (nSPS) is 11.0. The van der Waals surface area contributed by atoms with Crippen LogP contribution in [0.1, 0.15) is 11.4 Å². The molecular formula is C24H21Cl2N5O2S2. The summed E-state index contributed by atoms with van der Waals surface area (Å²) in [6, 6.07) is 9.98. The predicted molar refractivity (Wildman–Crippen MR) is 148 cm³/mol. The summed E-state index contributed by atoms with van der Waals surface area (Å²) in [6.07, 6.45) is 3.73. The Bertz CT molecular complexity index is 1500. The Balaban J connectivity index is 1.88. The number of anilines is 2. The van der Waals surface area contributed by atoms with Gasteiger partial charge in [0.1, 0.15) is 27.3 Å². The van der Waals surface area contributed by atoms with Crippen molar-refractivity contribution in [1.82, 2.24) is 15.0 Å². The number of pyridine rings is 1. The molecule has 0 fully saturated rings. The highest BCUT2D eigenvalue weighted by molar-refractivity contribution is 7.99. The molecule has 0 aliphatic carbocycles. The Hall–Kier alpha value is -2.72. The Kier molecular flexibility index (Phi) is 7.61. The quantitative estimate of drug-likeness (QED) is 0.184. The van der Waals surface area contributed by atoms with Crippen LogP contribution in [0.3, 0.4) is 0 Å². The van der Waals surface area contributed by atoms with E-state index in [1.54, 1.807) is 37.3 Å². The third kappa shape index (κ3) is 4.99. The standard InChI is InChI=1S/C24H21Cl2N5O2S2/c1-11-14(25)9-10-16-17(11)18(13-7-5-6-8-15(13)26)19(21(32)29-16)30-24(33)31-20-22(34-3)27-12(2)28-23(20)35-4/h5-10H,1-4H3,(H,29,32)(H2,30,31,33). The number of rotatable bonds is 5. The Morgan fingerprint density at radius 3 is 2.17 bits per heavy atom. The maximum Gasteiger partial charge on any atom is 0.324 e. The van der Waals surface area contributed by atoms with Crippen molar-refractivity contribution in [3.05, 3.63) is 68.2 Å². The third-order valence-corrected chi connectivity index (χ3v) is 7.44. The van der Waals surface area contributed by atoms with Gasteiger partial charge in [0.25, 0.3) is 5.56 Å². The van der Waals surface area contributed by atoms with E-state index >= 15 is 0 Å². The fourth-order valence-electron chi connectivity index (χ4n) is 3.77. The molecule has 2 aromatic heterocycles. The number of aromatic nitrogens is 3. The second-order valence-corrected chi connectivity index (χ2v) is 9.93. The number of hydrogen-bond donors (Lipinski definition) is 3. The van der Waals surface area contributed by atoms with E-state index in [2.05, 4.69) is 25.6 Å². The summed E-state index contributed by atoms with van der Waals surface area (Å²) in [5.74, 6) is 0.601. The van der Waals surface area contributed by atoms with E-state index in [-0.39, 0.29) is 5.69 Å². The van der Waals surface area contributed by atoms with Gasteiger partial charge in [0.15, 0.2) is 0 Å². The van der Waals surface area contributed by atoms with Gasteiger partial charge in [0, 0.05) is 32.1 Å². The first-order valence-corrected chi connectivity index (χ1v) is 13.6. The fourth-order valence-corrected chi connectivity index (χ4v) is 5.37. The van der Waals surface area contributed by atoms with Crippen molar-refractivity contribution in [2.24, 2.45) is 0 Å². The molecule has 0 saturated carbocycles. The second-order valence-electron chi connectivity index (χ2n) is 7.52. The summed E-state index contributed by atoms with van der Waals surface area (Å²) >= 11 is 15.8. The van der Waals surface area contributed by atoms with Crippen LogP contribution in [0.5, 0.6) is 0 Å². The van der Waals surface area contributed by atoms with E-state index < -0.39 is 11.6 Å². The number of urea groups is 1. The number of nitrogens with one attached hydrogen (secondary N) is 3. The molecule has 0 saturated heterocycles. The minimum absolute atomic E-state index is 0.0536. The second kappa shape index (κ2) is 10.5. The Morgan fingerprint density at radius 2 is 1.54 bits per heavy atom. The lowest BCUT2D eigenvalue weighted by Crippen LogP contribution is -2.26. The van der Waals surface area contributed by atoms with Gasteiger partial charge in [-0.2, -0.15) is 0 Å². The molecule has 0 unspecified atom stereocenters. The third-order valence-electron chi connectivity index (χ3n) is 5.34. The highest BCUT2D eigenvalue weighted by atomic mass is 35.5. The molecule has 0 bridgehead atoms. The zero-order valence-corrected chi connectivity index (χ0v) is 22.4. The van der Waals surface area contributed by atoms with Crippen LogP contribution in [0, 0.1) is 13.8 Å². The molecule has 0 aliphatic rings. The zero-order valence-electron chi connectivity index (χ0n) is 19.2. The predicted octanol–water partition coefficient (Wildman–Crippen LogP) is 7.00. The first kappa shape index (κ1) is 25.4. The molecule has 11 heteroatoms. The number of amides is 2. The molecule has 4 aromatic rings. The van der Waals surface area contributed by atoms with E-state index in [0.29, 0.717) is 53.6 Å². The van der Waals surface area contributed by atoms with Crippen molar-refractivity contribution in [2.75, 3.05) is 23.1 Å². The van der Waals surface area contributed by atoms with E-state index in [9.17, 15) is 9.59 Å². The van der Waals surface area contributed by atoms with E-state index in [0.717, 1.165) is 5.56 Å². The molecule has 4 rings (SSSR count). The van der Waals surface area contributed by atoms with Crippen molar-refractivity contribution in [2.45, 2.75) is 23.9 Å². The van der Waals surface area contributed by atoms with Crippen LogP contribution in [0.4, 0.5) is 16.2 Å². The van der Waals surface area contributed by atoms with Gasteiger partial charge < -0.3 is 15.6 Å². The van der Waals surface area contributed by atoms with Gasteiger partial charge >= 0.3 is 6.03 Å². The van der Waals surface area contributed by atoms with Crippen LogP contribution in [0.2, 0.25) is 10.0 Å². The lowest BCUT2D eigenvalue weighted by atomic mass is 9.96. The minimum atomic E-state index is -0.610. The van der Waals surface area contributed by atoms with Gasteiger partial charge in [-0.05, 0) is 50.1 Å². The summed E-state index contributed by atoms with van der Waals surface area (Å²) in [5.41, 5.74) is 2.47. The topological polar surface area (TPSA) is 99.8 Å². The highest BCUT2D eigenvalue weighted by Gasteiger charge is 2.22. The first-order valence-electron chi connectivity index (χ1n) is 10.4. The average Bonchev–Trinajstić information content (AvgIpc) is 2.83. The number of carbonyl (C=O) groups excluding carboxylic acids is 1. The fraction of sp³-hybridized carbons (Fsp3) is 0.167. The molecule has 180 valence electrons. The molecule has 0 atom stereocenters. The summed E-state index contributed by atoms with van der Waals surface area (Å²) in [4.78, 5) is 38.1. The van der Waals surface area contributed by atoms with Gasteiger partial charge in [-0.15, -0.1) is 23.5 Å². The number of benzene rings is 2. The monoisotopic (exact) mass is 545 g/mol. The van der Waals surface area contributed by atoms with E-state index in [1.807, 2.05) is 25.5 Å². The van der Waals surface area contributed by atoms with Gasteiger partial charge in [-0.3, -0.25) is 4.79 Å². The van der Waals surface area contributed by atoms with Gasteiger partial charge in [0.2, 0.25) is 0 Å². The summed E-state index contributed by atoms with van der Waals surface area (Å²) < 4.78 is 0. The zero-order chi connectivity index (χ0) is 25.3. The maximum atomic E-state index is 13.2. The molecule has 0 aliphatic heterocycles. The molecule has 2 heterocycles. The van der Waals surface area contributed by atoms with Crippen LogP contribution in [-0.4, -0.2) is 33.5 Å². The molecular weight excluding hydrogens is 525 g/mol. The first-order chi connectivity index (χ1) is 16.7. The summed E-state index contributed by atoms with van der Waals surface area (Å²) in [5, 5.41) is 8.46. The van der Waals surface area contributed by atoms with Crippen molar-refractivity contribution in [3.8, 4) is 11.1 Å². The van der Waals surface area contributed by atoms with Crippen molar-refractivity contribution in [3.63, 3.8) is 0 Å². The number of hydrogen-bond acceptors (Lipinski definition) is 6. The van der Waals surface area contributed by atoms with Crippen LogP contribution in [0.15, 0.2) is 51.2 Å². The van der Waals surface area contributed by atoms with Gasteiger partial charge in [0.05, 0.1) is 0 Å². The van der Waals surface area contributed by atoms with E-state index in [1.165, 1.54) is 23.5 Å². The van der Waals surface area contributed by atoms with Gasteiger partial charge in [-0.25, -0.2) is 14.8 Å². The van der Waals surface area contributed by atoms with Crippen LogP contribution in [-0.2, 0) is 0 Å². The van der Waals surface area contributed by atoms with Crippen LogP contribution in [0.25, 0.3) is 22.0 Å². The number of aryl methyl sites for hydroxylation is 2. The SMILES string of the molecule is CSc1nc(C)nc(SC)c1NC(=O)Nc1c(-c2ccccc2Cl)c2c(C)c(Cl)ccc2[nH]c1=O. The molecule has 2 aromatic carbocycles. The van der Waals surface area contributed by atoms with Crippen molar-refractivity contribution < 1.29 is 4.79 Å². The number of fused-ring (bicyclic) bond motifs is 1. The molecule has 0 radical (unpaired) electrons. The Labute approximate surface area is 220 Å². The molecule has 7 nitrogen and oxygen atoms in total. The number of nitrogens with zero attached hydrogens (tertiary/aromatic N) is 2. The number of H-pyrrole nitrogens is 1. The largest absolute Gasteiger partial charge is 0.324 e. The number of thioether (sulfide) groups is 2. The lowest BCUT2D eigenvalue weighted by molar-refractivity contribution is 0.262. The number of aromatic amines is 1. The molecule has 0 spiro atoms.